The van der Waals surface area contributed by atoms with Gasteiger partial charge in [0.25, 0.3) is 0 Å². The van der Waals surface area contributed by atoms with Crippen LogP contribution in [0.3, 0.4) is 0 Å². The molecule has 2 heterocycles. The number of fused-ring (bicyclic) bond motifs is 1. The summed E-state index contributed by atoms with van der Waals surface area (Å²) in [4.78, 5) is 17.1. The highest BCUT2D eigenvalue weighted by molar-refractivity contribution is 6.17. The number of rotatable bonds is 8. The van der Waals surface area contributed by atoms with E-state index in [1.54, 1.807) is 18.2 Å². The summed E-state index contributed by atoms with van der Waals surface area (Å²) in [5.41, 5.74) is 4.45. The molecule has 1 aromatic heterocycles. The first-order valence-corrected chi connectivity index (χ1v) is 12.2. The van der Waals surface area contributed by atoms with E-state index in [9.17, 15) is 9.18 Å². The van der Waals surface area contributed by atoms with E-state index in [1.165, 1.54) is 11.6 Å². The zero-order valence-electron chi connectivity index (χ0n) is 19.1. The number of benzene rings is 2. The molecule has 1 aliphatic heterocycles. The van der Waals surface area contributed by atoms with Crippen molar-refractivity contribution in [3.05, 3.63) is 77.2 Å². The molecule has 0 N–H and O–H groups in total. The number of amides is 1. The largest absolute Gasteiger partial charge is 0.344 e. The molecule has 0 unspecified atom stereocenters. The second kappa shape index (κ2) is 11.0. The highest BCUT2D eigenvalue weighted by atomic mass is 35.5. The third kappa shape index (κ3) is 5.66. The van der Waals surface area contributed by atoms with Gasteiger partial charge in [0.15, 0.2) is 0 Å². The molecule has 0 aliphatic carbocycles. The summed E-state index contributed by atoms with van der Waals surface area (Å²) in [6.07, 6.45) is 5.40. The number of piperazine rings is 1. The number of halogens is 2. The first-order chi connectivity index (χ1) is 16.1. The number of hydrogen-bond acceptors (Lipinski definition) is 2. The van der Waals surface area contributed by atoms with Gasteiger partial charge in [-0.3, -0.25) is 9.69 Å². The van der Waals surface area contributed by atoms with Gasteiger partial charge in [0.05, 0.1) is 0 Å². The lowest BCUT2D eigenvalue weighted by Gasteiger charge is -2.34. The van der Waals surface area contributed by atoms with Gasteiger partial charge >= 0.3 is 0 Å². The van der Waals surface area contributed by atoms with Crippen LogP contribution in [0.2, 0.25) is 0 Å². The standard InChI is InChI=1S/C27H31ClFN3O/c1-21-24(25-8-2-3-9-26(25)32(21)14-5-13-28)10-11-27(33)31-18-16-30(17-19-31)15-12-22-6-4-7-23(29)20-22/h2-4,6-11,20H,5,12-19H2,1H3. The van der Waals surface area contributed by atoms with Crippen LogP contribution in [0, 0.1) is 12.7 Å². The lowest BCUT2D eigenvalue weighted by Crippen LogP contribution is -2.48. The van der Waals surface area contributed by atoms with Crippen LogP contribution in [0.25, 0.3) is 17.0 Å². The predicted octanol–water partition coefficient (Wildman–Crippen LogP) is 5.12. The molecule has 3 aromatic rings. The summed E-state index contributed by atoms with van der Waals surface area (Å²) in [7, 11) is 0. The minimum atomic E-state index is -0.188. The second-order valence-electron chi connectivity index (χ2n) is 8.59. The molecular weight excluding hydrogens is 437 g/mol. The van der Waals surface area contributed by atoms with Crippen molar-refractivity contribution in [1.82, 2.24) is 14.4 Å². The van der Waals surface area contributed by atoms with Crippen molar-refractivity contribution < 1.29 is 9.18 Å². The molecule has 0 spiro atoms. The summed E-state index contributed by atoms with van der Waals surface area (Å²) in [5, 5.41) is 1.16. The summed E-state index contributed by atoms with van der Waals surface area (Å²) < 4.78 is 15.7. The Labute approximate surface area is 200 Å². The van der Waals surface area contributed by atoms with Gasteiger partial charge in [-0.2, -0.15) is 0 Å². The minimum absolute atomic E-state index is 0.0526. The third-order valence-electron chi connectivity index (χ3n) is 6.48. The molecule has 33 heavy (non-hydrogen) atoms. The number of carbonyl (C=O) groups is 1. The molecule has 1 saturated heterocycles. The van der Waals surface area contributed by atoms with E-state index in [0.29, 0.717) is 19.0 Å². The molecule has 0 saturated carbocycles. The molecule has 1 fully saturated rings. The normalized spacial score (nSPS) is 15.1. The average molecular weight is 468 g/mol. The number of aromatic nitrogens is 1. The zero-order valence-corrected chi connectivity index (χ0v) is 19.9. The Hall–Kier alpha value is -2.63. The van der Waals surface area contributed by atoms with Gasteiger partial charge in [-0.15, -0.1) is 11.6 Å². The smallest absolute Gasteiger partial charge is 0.246 e. The van der Waals surface area contributed by atoms with E-state index in [2.05, 4.69) is 28.5 Å². The molecule has 174 valence electrons. The second-order valence-corrected chi connectivity index (χ2v) is 8.97. The van der Waals surface area contributed by atoms with E-state index < -0.39 is 0 Å². The molecule has 2 aromatic carbocycles. The maximum Gasteiger partial charge on any atom is 0.246 e. The lowest BCUT2D eigenvalue weighted by atomic mass is 10.1. The van der Waals surface area contributed by atoms with Gasteiger partial charge in [0.1, 0.15) is 5.82 Å². The maximum absolute atomic E-state index is 13.4. The molecule has 1 aliphatic rings. The Bertz CT molecular complexity index is 1130. The fourth-order valence-corrected chi connectivity index (χ4v) is 4.73. The summed E-state index contributed by atoms with van der Waals surface area (Å²) in [6, 6.07) is 15.1. The number of alkyl halides is 1. The van der Waals surface area contributed by atoms with Crippen LogP contribution in [0.5, 0.6) is 0 Å². The van der Waals surface area contributed by atoms with Crippen LogP contribution in [-0.4, -0.2) is 58.9 Å². The van der Waals surface area contributed by atoms with Crippen LogP contribution in [0.1, 0.15) is 23.2 Å². The molecule has 6 heteroatoms. The van der Waals surface area contributed by atoms with E-state index in [1.807, 2.05) is 29.2 Å². The number of carbonyl (C=O) groups excluding carboxylic acids is 1. The number of para-hydroxylation sites is 1. The molecular formula is C27H31ClFN3O. The lowest BCUT2D eigenvalue weighted by molar-refractivity contribution is -0.127. The van der Waals surface area contributed by atoms with Crippen molar-refractivity contribution >= 4 is 34.5 Å². The molecule has 0 atom stereocenters. The van der Waals surface area contributed by atoms with Crippen molar-refractivity contribution in [2.45, 2.75) is 26.3 Å². The highest BCUT2D eigenvalue weighted by Gasteiger charge is 2.20. The minimum Gasteiger partial charge on any atom is -0.344 e. The monoisotopic (exact) mass is 467 g/mol. The highest BCUT2D eigenvalue weighted by Crippen LogP contribution is 2.27. The summed E-state index contributed by atoms with van der Waals surface area (Å²) in [5.74, 6) is 0.493. The maximum atomic E-state index is 13.4. The average Bonchev–Trinajstić information content (AvgIpc) is 3.10. The van der Waals surface area contributed by atoms with Crippen LogP contribution in [-0.2, 0) is 17.8 Å². The van der Waals surface area contributed by atoms with Gasteiger partial charge in [-0.05, 0) is 49.6 Å². The van der Waals surface area contributed by atoms with Crippen molar-refractivity contribution in [2.75, 3.05) is 38.6 Å². The first-order valence-electron chi connectivity index (χ1n) is 11.6. The molecule has 4 nitrogen and oxygen atoms in total. The van der Waals surface area contributed by atoms with Crippen molar-refractivity contribution in [3.8, 4) is 0 Å². The van der Waals surface area contributed by atoms with Gasteiger partial charge in [-0.25, -0.2) is 4.39 Å². The Morgan fingerprint density at radius 2 is 1.85 bits per heavy atom. The van der Waals surface area contributed by atoms with Gasteiger partial charge in [-0.1, -0.05) is 30.3 Å². The van der Waals surface area contributed by atoms with Crippen LogP contribution in [0.4, 0.5) is 4.39 Å². The number of nitrogens with zero attached hydrogens (tertiary/aromatic N) is 3. The van der Waals surface area contributed by atoms with Crippen molar-refractivity contribution in [2.24, 2.45) is 0 Å². The van der Waals surface area contributed by atoms with Crippen LogP contribution in [0.15, 0.2) is 54.6 Å². The first kappa shape index (κ1) is 23.5. The molecule has 1 amide bonds. The Balaban J connectivity index is 1.36. The summed E-state index contributed by atoms with van der Waals surface area (Å²) >= 11 is 5.92. The topological polar surface area (TPSA) is 28.5 Å². The van der Waals surface area contributed by atoms with Gasteiger partial charge in [0.2, 0.25) is 5.91 Å². The fraction of sp³-hybridized carbons (Fsp3) is 0.370. The van der Waals surface area contributed by atoms with Crippen LogP contribution < -0.4 is 0 Å². The number of aryl methyl sites for hydroxylation is 1. The van der Waals surface area contributed by atoms with Gasteiger partial charge < -0.3 is 9.47 Å². The Kier molecular flexibility index (Phi) is 7.84. The Morgan fingerprint density at radius 3 is 2.61 bits per heavy atom. The van der Waals surface area contributed by atoms with Crippen molar-refractivity contribution in [1.29, 1.82) is 0 Å². The van der Waals surface area contributed by atoms with E-state index in [4.69, 9.17) is 11.6 Å². The predicted molar refractivity (Wildman–Crippen MR) is 134 cm³/mol. The fourth-order valence-electron chi connectivity index (χ4n) is 4.61. The summed E-state index contributed by atoms with van der Waals surface area (Å²) in [6.45, 7) is 6.95. The van der Waals surface area contributed by atoms with E-state index >= 15 is 0 Å². The van der Waals surface area contributed by atoms with Crippen LogP contribution >= 0.6 is 11.6 Å². The Morgan fingerprint density at radius 1 is 1.06 bits per heavy atom. The van der Waals surface area contributed by atoms with Crippen molar-refractivity contribution in [3.63, 3.8) is 0 Å². The van der Waals surface area contributed by atoms with E-state index in [0.717, 1.165) is 61.2 Å². The quantitative estimate of drug-likeness (QED) is 0.340. The number of hydrogen-bond donors (Lipinski definition) is 0. The third-order valence-corrected chi connectivity index (χ3v) is 6.74. The molecule has 4 rings (SSSR count). The molecule has 0 bridgehead atoms. The zero-order chi connectivity index (χ0) is 23.2. The van der Waals surface area contributed by atoms with Gasteiger partial charge in [0, 0.05) is 73.4 Å². The van der Waals surface area contributed by atoms with E-state index in [-0.39, 0.29) is 11.7 Å². The molecule has 0 radical (unpaired) electrons. The SMILES string of the molecule is Cc1c(C=CC(=O)N2CCN(CCc3cccc(F)c3)CC2)c2ccccc2n1CCCCl.